The molecule has 2 aliphatic carbocycles. The number of nitrogens with zero attached hydrogens (tertiary/aromatic N) is 2. The zero-order valence-corrected chi connectivity index (χ0v) is 11.5. The molecule has 4 heteroatoms. The van der Waals surface area contributed by atoms with Crippen molar-refractivity contribution in [2.24, 2.45) is 5.92 Å². The molecule has 1 saturated carbocycles. The molecule has 0 unspecified atom stereocenters. The summed E-state index contributed by atoms with van der Waals surface area (Å²) in [6.45, 7) is 0.995. The minimum absolute atomic E-state index is 0.656. The summed E-state index contributed by atoms with van der Waals surface area (Å²) < 4.78 is 0. The number of aryl methyl sites for hydroxylation is 1. The number of nitrogens with one attached hydrogen (secondary N) is 1. The van der Waals surface area contributed by atoms with Crippen LogP contribution in [0.1, 0.15) is 49.8 Å². The van der Waals surface area contributed by atoms with Gasteiger partial charge in [0.2, 0.25) is 5.95 Å². The molecule has 1 N–H and O–H groups in total. The van der Waals surface area contributed by atoms with E-state index in [1.54, 1.807) is 0 Å². The van der Waals surface area contributed by atoms with Gasteiger partial charge in [0, 0.05) is 12.1 Å². The van der Waals surface area contributed by atoms with Crippen LogP contribution in [0.25, 0.3) is 0 Å². The van der Waals surface area contributed by atoms with Crippen LogP contribution in [0.4, 0.5) is 5.95 Å². The average Bonchev–Trinajstić information content (AvgIpc) is 2.86. The summed E-state index contributed by atoms with van der Waals surface area (Å²) in [5.41, 5.74) is 2.32. The average molecular weight is 266 g/mol. The molecule has 18 heavy (non-hydrogen) atoms. The Labute approximate surface area is 113 Å². The first-order chi connectivity index (χ1) is 8.83. The lowest BCUT2D eigenvalue weighted by Crippen LogP contribution is -2.18. The van der Waals surface area contributed by atoms with Crippen LogP contribution in [0.5, 0.6) is 0 Å². The maximum Gasteiger partial charge on any atom is 0.224 e. The molecule has 1 aromatic heterocycles. The molecule has 0 atom stereocenters. The molecule has 0 amide bonds. The van der Waals surface area contributed by atoms with Crippen molar-refractivity contribution in [3.8, 4) is 0 Å². The maximum absolute atomic E-state index is 6.21. The summed E-state index contributed by atoms with van der Waals surface area (Å²) in [7, 11) is 0. The molecule has 1 heterocycles. The van der Waals surface area contributed by atoms with Crippen molar-refractivity contribution < 1.29 is 0 Å². The standard InChI is InChI=1S/C14H20ClN3/c15-13-11-7-4-8-12(11)17-14(18-13)16-9-10-5-2-1-3-6-10/h10H,1-9H2,(H,16,17,18). The number of hydrogen-bond donors (Lipinski definition) is 1. The van der Waals surface area contributed by atoms with Gasteiger partial charge in [-0.3, -0.25) is 0 Å². The fourth-order valence-corrected chi connectivity index (χ4v) is 3.38. The Kier molecular flexibility index (Phi) is 3.69. The molecule has 0 spiro atoms. The predicted molar refractivity (Wildman–Crippen MR) is 74.1 cm³/mol. The molecule has 0 bridgehead atoms. The first kappa shape index (κ1) is 12.2. The summed E-state index contributed by atoms with van der Waals surface area (Å²) in [5.74, 6) is 1.51. The third kappa shape index (κ3) is 2.61. The highest BCUT2D eigenvalue weighted by Crippen LogP contribution is 2.28. The Balaban J connectivity index is 1.64. The first-order valence-corrected chi connectivity index (χ1v) is 7.50. The fourth-order valence-electron chi connectivity index (χ4n) is 3.09. The lowest BCUT2D eigenvalue weighted by atomic mass is 9.89. The molecule has 0 aliphatic heterocycles. The van der Waals surface area contributed by atoms with Crippen molar-refractivity contribution in [1.29, 1.82) is 0 Å². The molecule has 3 nitrogen and oxygen atoms in total. The Morgan fingerprint density at radius 2 is 1.89 bits per heavy atom. The van der Waals surface area contributed by atoms with Gasteiger partial charge in [0.15, 0.2) is 0 Å². The van der Waals surface area contributed by atoms with E-state index in [0.717, 1.165) is 43.4 Å². The van der Waals surface area contributed by atoms with Gasteiger partial charge in [-0.2, -0.15) is 0 Å². The van der Waals surface area contributed by atoms with E-state index in [0.29, 0.717) is 5.15 Å². The fraction of sp³-hybridized carbons (Fsp3) is 0.714. The second-order valence-corrected chi connectivity index (χ2v) is 5.86. The normalized spacial score (nSPS) is 19.8. The second kappa shape index (κ2) is 5.43. The minimum Gasteiger partial charge on any atom is -0.354 e. The van der Waals surface area contributed by atoms with E-state index in [1.165, 1.54) is 37.7 Å². The Hall–Kier alpha value is -0.830. The van der Waals surface area contributed by atoms with E-state index in [2.05, 4.69) is 15.3 Å². The van der Waals surface area contributed by atoms with Gasteiger partial charge in [0.05, 0.1) is 5.69 Å². The molecular formula is C14H20ClN3. The smallest absolute Gasteiger partial charge is 0.224 e. The van der Waals surface area contributed by atoms with Gasteiger partial charge in [0.1, 0.15) is 5.15 Å². The van der Waals surface area contributed by atoms with Crippen molar-refractivity contribution >= 4 is 17.5 Å². The van der Waals surface area contributed by atoms with Crippen molar-refractivity contribution in [3.05, 3.63) is 16.4 Å². The van der Waals surface area contributed by atoms with Gasteiger partial charge in [-0.1, -0.05) is 30.9 Å². The molecule has 1 fully saturated rings. The highest BCUT2D eigenvalue weighted by Gasteiger charge is 2.19. The van der Waals surface area contributed by atoms with Gasteiger partial charge < -0.3 is 5.32 Å². The van der Waals surface area contributed by atoms with Gasteiger partial charge in [0.25, 0.3) is 0 Å². The molecule has 3 rings (SSSR count). The number of aromatic nitrogens is 2. The monoisotopic (exact) mass is 265 g/mol. The van der Waals surface area contributed by atoms with Crippen LogP contribution in [0.2, 0.25) is 5.15 Å². The quantitative estimate of drug-likeness (QED) is 0.849. The van der Waals surface area contributed by atoms with Crippen LogP contribution in [0, 0.1) is 5.92 Å². The summed E-state index contributed by atoms with van der Waals surface area (Å²) in [6, 6.07) is 0. The van der Waals surface area contributed by atoms with Crippen molar-refractivity contribution in [3.63, 3.8) is 0 Å². The van der Waals surface area contributed by atoms with E-state index < -0.39 is 0 Å². The molecule has 2 aliphatic rings. The Morgan fingerprint density at radius 3 is 2.72 bits per heavy atom. The lowest BCUT2D eigenvalue weighted by Gasteiger charge is -2.21. The molecule has 0 saturated heterocycles. The van der Waals surface area contributed by atoms with Crippen LogP contribution in [0.3, 0.4) is 0 Å². The van der Waals surface area contributed by atoms with Crippen LogP contribution in [-0.2, 0) is 12.8 Å². The summed E-state index contributed by atoms with van der Waals surface area (Å²) >= 11 is 6.21. The van der Waals surface area contributed by atoms with Crippen molar-refractivity contribution in [2.45, 2.75) is 51.4 Å². The minimum atomic E-state index is 0.656. The zero-order valence-electron chi connectivity index (χ0n) is 10.7. The van der Waals surface area contributed by atoms with E-state index in [-0.39, 0.29) is 0 Å². The summed E-state index contributed by atoms with van der Waals surface area (Å²) in [5, 5.41) is 4.03. The van der Waals surface area contributed by atoms with Crippen molar-refractivity contribution in [2.75, 3.05) is 11.9 Å². The zero-order chi connectivity index (χ0) is 12.4. The first-order valence-electron chi connectivity index (χ1n) is 7.12. The largest absolute Gasteiger partial charge is 0.354 e. The van der Waals surface area contributed by atoms with Gasteiger partial charge >= 0.3 is 0 Å². The highest BCUT2D eigenvalue weighted by atomic mass is 35.5. The highest BCUT2D eigenvalue weighted by molar-refractivity contribution is 6.30. The topological polar surface area (TPSA) is 37.8 Å². The number of anilines is 1. The molecule has 1 aromatic rings. The Morgan fingerprint density at radius 1 is 1.06 bits per heavy atom. The second-order valence-electron chi connectivity index (χ2n) is 5.50. The van der Waals surface area contributed by atoms with Gasteiger partial charge in [-0.25, -0.2) is 9.97 Å². The number of rotatable bonds is 3. The third-order valence-electron chi connectivity index (χ3n) is 4.16. The predicted octanol–water partition coefficient (Wildman–Crippen LogP) is 3.61. The van der Waals surface area contributed by atoms with Crippen molar-refractivity contribution in [1.82, 2.24) is 9.97 Å². The molecule has 0 aromatic carbocycles. The summed E-state index contributed by atoms with van der Waals surface area (Å²) in [4.78, 5) is 8.96. The van der Waals surface area contributed by atoms with Crippen LogP contribution in [0.15, 0.2) is 0 Å². The molecule has 98 valence electrons. The van der Waals surface area contributed by atoms with E-state index in [1.807, 2.05) is 0 Å². The van der Waals surface area contributed by atoms with E-state index in [4.69, 9.17) is 11.6 Å². The van der Waals surface area contributed by atoms with Crippen LogP contribution in [-0.4, -0.2) is 16.5 Å². The molecular weight excluding hydrogens is 246 g/mol. The van der Waals surface area contributed by atoms with Crippen LogP contribution < -0.4 is 5.32 Å². The third-order valence-corrected chi connectivity index (χ3v) is 4.47. The van der Waals surface area contributed by atoms with E-state index >= 15 is 0 Å². The van der Waals surface area contributed by atoms with Gasteiger partial charge in [-0.05, 0) is 38.0 Å². The molecule has 0 radical (unpaired) electrons. The number of fused-ring (bicyclic) bond motifs is 1. The number of hydrogen-bond acceptors (Lipinski definition) is 3. The maximum atomic E-state index is 6.21. The van der Waals surface area contributed by atoms with Gasteiger partial charge in [-0.15, -0.1) is 0 Å². The number of halogens is 1. The Bertz CT molecular complexity index is 427. The van der Waals surface area contributed by atoms with Crippen LogP contribution >= 0.6 is 11.6 Å². The summed E-state index contributed by atoms with van der Waals surface area (Å²) in [6.07, 6.45) is 10.1. The lowest BCUT2D eigenvalue weighted by molar-refractivity contribution is 0.373. The van der Waals surface area contributed by atoms with E-state index in [9.17, 15) is 0 Å². The SMILES string of the molecule is Clc1nc(NCC2CCCCC2)nc2c1CCC2.